The smallest absolute Gasteiger partial charge is 0.238 e. The van der Waals surface area contributed by atoms with E-state index in [2.05, 4.69) is 341 Å². The van der Waals surface area contributed by atoms with E-state index in [1.54, 1.807) is 33.4 Å². The van der Waals surface area contributed by atoms with Gasteiger partial charge in [0, 0.05) is 98.5 Å². The molecular weight excluding hydrogens is 1810 g/mol. The van der Waals surface area contributed by atoms with Crippen molar-refractivity contribution in [3.8, 4) is 120 Å². The van der Waals surface area contributed by atoms with E-state index < -0.39 is 0 Å². The molecule has 15 aliphatic carbocycles. The van der Waals surface area contributed by atoms with Crippen molar-refractivity contribution in [2.45, 2.75) is 113 Å². The van der Waals surface area contributed by atoms with Gasteiger partial charge in [-0.1, -0.05) is 364 Å². The SMILES string of the molecule is c1ccc(-c2nc(-c3ccccc3)nc(-n3c4c5c(ccc4c4ccc6ccccc6c43)C3(c4ccccc4-5)C4CC5CC(C4)CC3C5)n2)cc1.c1ccc(-c2nc(-c3ccccc3)nc(-n3c4cc5ccccc5cc4c4ccc5c(c43)-c3ccccc3C53C4CC5CC(C4)CC3C5)n2)cc1.c1ccc(-c2nc(-c3ccccc3)nc(-n3c4ccccc4c4c5c(ccc43)-c3ccccc3C53C4CC5CC(C4)CC3C5)n2)cc1. The van der Waals surface area contributed by atoms with Gasteiger partial charge in [0.05, 0.1) is 33.1 Å². The first-order chi connectivity index (χ1) is 73.8. The predicted molar refractivity (Wildman–Crippen MR) is 600 cm³/mol. The van der Waals surface area contributed by atoms with Gasteiger partial charge in [-0.05, 0) is 263 Å². The Balaban J connectivity index is 0.0000000971. The van der Waals surface area contributed by atoms with Crippen LogP contribution in [0.5, 0.6) is 0 Å². The highest BCUT2D eigenvalue weighted by molar-refractivity contribution is 6.23. The molecule has 12 fully saturated rings. The molecule has 12 bridgehead atoms. The highest BCUT2D eigenvalue weighted by Crippen LogP contribution is 2.75. The molecule has 0 aliphatic heterocycles. The summed E-state index contributed by atoms with van der Waals surface area (Å²) in [6.07, 6.45) is 20.7. The predicted octanol–water partition coefficient (Wildman–Crippen LogP) is 32.4. The Morgan fingerprint density at radius 2 is 0.510 bits per heavy atom. The molecule has 0 amide bonds. The molecule has 0 radical (unpaired) electrons. The number of nitrogens with zero attached hydrogens (tertiary/aromatic N) is 12. The number of aromatic nitrogens is 12. The van der Waals surface area contributed by atoms with Crippen LogP contribution in [-0.2, 0) is 16.2 Å². The van der Waals surface area contributed by atoms with Crippen molar-refractivity contribution in [2.75, 3.05) is 0 Å². The van der Waals surface area contributed by atoms with Crippen molar-refractivity contribution >= 4 is 87.0 Å². The van der Waals surface area contributed by atoms with Crippen molar-refractivity contribution in [1.82, 2.24) is 58.6 Å². The van der Waals surface area contributed by atoms with E-state index in [1.807, 2.05) is 60.7 Å². The molecule has 15 aliphatic rings. The number of fused-ring (bicyclic) bond motifs is 24. The maximum absolute atomic E-state index is 5.38. The molecule has 714 valence electrons. The highest BCUT2D eigenvalue weighted by atomic mass is 15.2. The Morgan fingerprint density at radius 3 is 0.946 bits per heavy atom. The average molecular weight is 1920 g/mol. The van der Waals surface area contributed by atoms with Gasteiger partial charge >= 0.3 is 0 Å². The van der Waals surface area contributed by atoms with E-state index in [9.17, 15) is 0 Å². The van der Waals surface area contributed by atoms with Crippen LogP contribution in [0.4, 0.5) is 0 Å². The minimum Gasteiger partial charge on any atom is -0.278 e. The lowest BCUT2D eigenvalue weighted by atomic mass is 9.43. The molecule has 12 nitrogen and oxygen atoms in total. The van der Waals surface area contributed by atoms with Crippen molar-refractivity contribution in [2.24, 2.45) is 71.0 Å². The summed E-state index contributed by atoms with van der Waals surface area (Å²) in [7, 11) is 0. The summed E-state index contributed by atoms with van der Waals surface area (Å²) in [5.41, 5.74) is 31.0. The Morgan fingerprint density at radius 1 is 0.188 bits per heavy atom. The summed E-state index contributed by atoms with van der Waals surface area (Å²) >= 11 is 0. The highest BCUT2D eigenvalue weighted by Gasteiger charge is 2.66. The fourth-order valence-electron chi connectivity index (χ4n) is 33.9. The third-order valence-electron chi connectivity index (χ3n) is 38.6. The van der Waals surface area contributed by atoms with Gasteiger partial charge in [0.25, 0.3) is 0 Å². The number of hydrogen-bond donors (Lipinski definition) is 0. The van der Waals surface area contributed by atoms with Gasteiger partial charge in [-0.25, -0.2) is 15.0 Å². The summed E-state index contributed by atoms with van der Waals surface area (Å²) in [5, 5.41) is 12.5. The Bertz CT molecular complexity index is 9240. The normalized spacial score (nSPS) is 24.5. The van der Waals surface area contributed by atoms with Crippen LogP contribution in [0.3, 0.4) is 0 Å². The molecule has 0 unspecified atom stereocenters. The lowest BCUT2D eigenvalue weighted by Gasteiger charge is -2.61. The van der Waals surface area contributed by atoms with Gasteiger partial charge in [-0.3, -0.25) is 13.7 Å². The molecule has 12 heteroatoms. The summed E-state index contributed by atoms with van der Waals surface area (Å²) in [6.45, 7) is 0. The molecule has 0 N–H and O–H groups in total. The van der Waals surface area contributed by atoms with Crippen LogP contribution >= 0.6 is 0 Å². The molecule has 0 saturated heterocycles. The van der Waals surface area contributed by atoms with Gasteiger partial charge in [-0.15, -0.1) is 0 Å². The number of rotatable bonds is 9. The van der Waals surface area contributed by atoms with Crippen LogP contribution in [-0.4, -0.2) is 58.6 Å². The lowest BCUT2D eigenvalue weighted by Crippen LogP contribution is -2.55. The van der Waals surface area contributed by atoms with E-state index in [4.69, 9.17) is 44.9 Å². The summed E-state index contributed by atoms with van der Waals surface area (Å²) in [6, 6.07) is 141. The number of hydrogen-bond acceptors (Lipinski definition) is 9. The van der Waals surface area contributed by atoms with Gasteiger partial charge in [-0.2, -0.15) is 29.9 Å². The van der Waals surface area contributed by atoms with E-state index in [1.165, 1.54) is 200 Å². The van der Waals surface area contributed by atoms with Crippen molar-refractivity contribution < 1.29 is 0 Å². The standard InChI is InChI=1S/2C47H36N4.C43H34N4/c1-3-12-31(13-4-1)44-48-45(32-14-5-2-6-15-32)50-46(49-44)51-42-35-16-8-7-11-30(35)19-20-36(42)37-21-22-40-41(43(37)51)38-17-9-10-18-39(38)47(40)33-24-28-23-29(26-33)27-34(47)25-28;1-3-11-30(12-4-1)44-48-45(31-13-5-2-6-14-31)50-46(49-44)51-41-27-33-16-8-7-15-32(33)26-38(41)36-19-20-40-42(43(36)51)37-17-9-10-18-39(37)47(40)34-22-28-21-29(24-34)25-35(47)23-28;1-3-11-28(12-4-1)40-44-41(29-13-5-2-6-14-29)46-42(45-40)47-36-18-10-8-16-34(36)38-37(47)20-19-33-32-15-7-9-17-35(32)43(39(33)38)30-22-26-21-27(24-30)25-31(43)23-26/h1-22,28-29,33-34H,23-27H2;1-20,26-29,34-35H,21-25H2;1-20,26-27,30-31H,21-25H2. The molecular formula is C137H106N12. The van der Waals surface area contributed by atoms with E-state index in [-0.39, 0.29) is 16.2 Å². The Labute approximate surface area is 864 Å². The Kier molecular flexibility index (Phi) is 18.4. The quantitative estimate of drug-likeness (QED) is 0.139. The maximum Gasteiger partial charge on any atom is 0.238 e. The van der Waals surface area contributed by atoms with Crippen LogP contribution < -0.4 is 0 Å². The van der Waals surface area contributed by atoms with Crippen LogP contribution in [0.1, 0.15) is 130 Å². The van der Waals surface area contributed by atoms with Crippen LogP contribution in [0.2, 0.25) is 0 Å². The minimum absolute atomic E-state index is 0.0668. The summed E-state index contributed by atoms with van der Waals surface area (Å²) in [4.78, 5) is 47.1. The topological polar surface area (TPSA) is 131 Å². The first-order valence-electron chi connectivity index (χ1n) is 54.7. The first kappa shape index (κ1) is 84.8. The van der Waals surface area contributed by atoms with E-state index in [0.717, 1.165) is 85.4 Å². The van der Waals surface area contributed by atoms with E-state index in [0.29, 0.717) is 88.3 Å². The number of benzene rings is 17. The Hall–Kier alpha value is -16.3. The monoisotopic (exact) mass is 1920 g/mol. The zero-order valence-electron chi connectivity index (χ0n) is 82.9. The molecule has 149 heavy (non-hydrogen) atoms. The second kappa shape index (κ2) is 32.3. The molecule has 0 atom stereocenters. The molecule has 12 saturated carbocycles. The zero-order chi connectivity index (χ0) is 97.2. The molecule has 38 rings (SSSR count). The number of para-hydroxylation sites is 1. The summed E-state index contributed by atoms with van der Waals surface area (Å²) in [5.74, 6) is 15.6. The lowest BCUT2D eigenvalue weighted by molar-refractivity contribution is -0.0399. The largest absolute Gasteiger partial charge is 0.278 e. The minimum atomic E-state index is 0.0668. The molecule has 6 aromatic heterocycles. The second-order valence-electron chi connectivity index (χ2n) is 45.8. The molecule has 17 aromatic carbocycles. The third-order valence-corrected chi connectivity index (χ3v) is 38.6. The molecule has 23 aromatic rings. The fraction of sp³-hybridized carbons (Fsp3) is 0.219. The van der Waals surface area contributed by atoms with Crippen LogP contribution in [0.25, 0.3) is 207 Å². The van der Waals surface area contributed by atoms with Gasteiger partial charge in [0.1, 0.15) is 0 Å². The van der Waals surface area contributed by atoms with Gasteiger partial charge < -0.3 is 0 Å². The first-order valence-corrected chi connectivity index (χ1v) is 54.7. The van der Waals surface area contributed by atoms with Crippen molar-refractivity contribution in [1.29, 1.82) is 0 Å². The molecule has 6 heterocycles. The van der Waals surface area contributed by atoms with Gasteiger partial charge in [0.15, 0.2) is 34.9 Å². The second-order valence-corrected chi connectivity index (χ2v) is 45.8. The van der Waals surface area contributed by atoms with Crippen molar-refractivity contribution in [3.05, 3.63) is 422 Å². The summed E-state index contributed by atoms with van der Waals surface area (Å²) < 4.78 is 7.12. The van der Waals surface area contributed by atoms with Crippen LogP contribution in [0, 0.1) is 71.0 Å². The van der Waals surface area contributed by atoms with Crippen LogP contribution in [0.15, 0.2) is 388 Å². The average Bonchev–Trinajstić information content (AvgIpc) is 1.49. The molecule has 3 spiro atoms. The zero-order valence-corrected chi connectivity index (χ0v) is 82.9. The van der Waals surface area contributed by atoms with Crippen molar-refractivity contribution in [3.63, 3.8) is 0 Å². The fourth-order valence-corrected chi connectivity index (χ4v) is 33.9. The van der Waals surface area contributed by atoms with E-state index >= 15 is 0 Å². The maximum atomic E-state index is 5.38. The third kappa shape index (κ3) is 12.2. The van der Waals surface area contributed by atoms with Gasteiger partial charge in [0.2, 0.25) is 17.8 Å².